The van der Waals surface area contributed by atoms with Crippen LogP contribution in [0.25, 0.3) is 33.9 Å². The summed E-state index contributed by atoms with van der Waals surface area (Å²) in [7, 11) is 64.8. The highest BCUT2D eigenvalue weighted by Gasteiger charge is 2.45. The van der Waals surface area contributed by atoms with Gasteiger partial charge < -0.3 is 0 Å². The van der Waals surface area contributed by atoms with E-state index in [1.807, 2.05) is 60.7 Å². The monoisotopic (exact) mass is 574 g/mol. The van der Waals surface area contributed by atoms with Gasteiger partial charge in [-0.15, -0.1) is 0 Å². The first-order valence-electron chi connectivity index (χ1n) is 14.6. The fourth-order valence-electron chi connectivity index (χ4n) is 5.49. The quantitative estimate of drug-likeness (QED) is 0.177. The standard InChI is InChI=1S/C21H14ClN3.B21/c22-21-24-19(16-10-5-2-6-11-16)23-20(25-21)18-13-7-12-17(14-18)15-8-3-1-4-9-15;1-12-18(13(2)3)21(19(14(4)5)15(6)7)20(16(8)9)17(10)11/h1-14H;. The van der Waals surface area contributed by atoms with E-state index in [1.165, 1.54) is 7.06 Å². The Balaban J connectivity index is 0.000000256. The summed E-state index contributed by atoms with van der Waals surface area (Å²) in [5.41, 5.74) is 4.07. The number of halogens is 1. The Kier molecular flexibility index (Phi) is 15.8. The van der Waals surface area contributed by atoms with Gasteiger partial charge in [0, 0.05) is 161 Å². The van der Waals surface area contributed by atoms with Crippen LogP contribution in [0, 0.1) is 0 Å². The van der Waals surface area contributed by atoms with E-state index in [4.69, 9.17) is 96.7 Å². The van der Waals surface area contributed by atoms with Gasteiger partial charge in [-0.25, -0.2) is 4.98 Å². The minimum Gasteiger partial charge on any atom is -0.208 e. The molecular formula is C21H14B21ClN3. The number of aromatic nitrogens is 3. The Labute approximate surface area is 298 Å². The molecule has 0 fully saturated rings. The molecule has 4 rings (SSSR count). The molecule has 0 aliphatic heterocycles. The van der Waals surface area contributed by atoms with Crippen molar-refractivity contribution in [2.24, 2.45) is 0 Å². The lowest BCUT2D eigenvalue weighted by atomic mass is 8.38. The number of benzene rings is 3. The molecule has 0 bridgehead atoms. The van der Waals surface area contributed by atoms with Crippen molar-refractivity contribution in [3.8, 4) is 33.9 Å². The first-order chi connectivity index (χ1) is 21.8. The molecule has 1 heterocycles. The Hall–Kier alpha value is -1.68. The van der Waals surface area contributed by atoms with Gasteiger partial charge in [0.2, 0.25) is 5.28 Å². The molecule has 0 atom stereocenters. The summed E-state index contributed by atoms with van der Waals surface area (Å²) in [5, 5.41) is 0.189. The summed E-state index contributed by atoms with van der Waals surface area (Å²) < 4.78 is 0. The maximum Gasteiger partial charge on any atom is 0.226 e. The van der Waals surface area contributed by atoms with Crippen LogP contribution in [0.2, 0.25) is 5.28 Å². The van der Waals surface area contributed by atoms with Crippen molar-refractivity contribution in [3.05, 3.63) is 90.2 Å². The molecular weight excluding hydrogens is 557 g/mol. The van der Waals surface area contributed by atoms with Crippen LogP contribution in [0.15, 0.2) is 84.9 Å². The summed E-state index contributed by atoms with van der Waals surface area (Å²) in [6.45, 7) is 0. The lowest BCUT2D eigenvalue weighted by molar-refractivity contribution is 1.07. The molecule has 0 saturated heterocycles. The lowest BCUT2D eigenvalue weighted by Gasteiger charge is -2.43. The summed E-state index contributed by atoms with van der Waals surface area (Å²) in [6.07, 6.45) is -6.78. The molecule has 0 aliphatic rings. The van der Waals surface area contributed by atoms with Crippen molar-refractivity contribution in [1.29, 1.82) is 0 Å². The van der Waals surface area contributed by atoms with Crippen LogP contribution in [0.4, 0.5) is 0 Å². The van der Waals surface area contributed by atoms with Crippen LogP contribution in [0.5, 0.6) is 0 Å². The van der Waals surface area contributed by atoms with Gasteiger partial charge in [0.1, 0.15) is 0 Å². The van der Waals surface area contributed by atoms with Crippen LogP contribution in [-0.4, -0.2) is 165 Å². The van der Waals surface area contributed by atoms with Gasteiger partial charge in [0.05, 0.1) is 0 Å². The fraction of sp³-hybridized carbons (Fsp3) is 0. The highest BCUT2D eigenvalue weighted by molar-refractivity contribution is 8.20. The summed E-state index contributed by atoms with van der Waals surface area (Å²) in [4.78, 5) is 13.2. The van der Waals surface area contributed by atoms with Crippen molar-refractivity contribution in [1.82, 2.24) is 15.0 Å². The van der Waals surface area contributed by atoms with Crippen LogP contribution < -0.4 is 0 Å². The fourth-order valence-corrected chi connectivity index (χ4v) is 5.65. The first kappa shape index (κ1) is 38.8. The molecule has 46 heavy (non-hydrogen) atoms. The van der Waals surface area contributed by atoms with Gasteiger partial charge in [-0.05, 0) is 28.8 Å². The zero-order valence-corrected chi connectivity index (χ0v) is 26.2. The van der Waals surface area contributed by atoms with E-state index in [-0.39, 0.29) is 5.28 Å². The Morgan fingerprint density at radius 3 is 1.30 bits per heavy atom. The van der Waals surface area contributed by atoms with Crippen molar-refractivity contribution in [3.63, 3.8) is 0 Å². The van der Waals surface area contributed by atoms with E-state index in [0.717, 1.165) is 22.3 Å². The maximum absolute atomic E-state index is 6.14. The molecule has 3 aromatic carbocycles. The zero-order valence-electron chi connectivity index (χ0n) is 25.4. The third-order valence-electron chi connectivity index (χ3n) is 7.65. The van der Waals surface area contributed by atoms with Crippen LogP contribution >= 0.6 is 11.6 Å². The lowest BCUT2D eigenvalue weighted by Crippen LogP contribution is -2.81. The van der Waals surface area contributed by atoms with Crippen LogP contribution in [0.1, 0.15) is 0 Å². The predicted octanol–water partition coefficient (Wildman–Crippen LogP) is -2.47. The van der Waals surface area contributed by atoms with Gasteiger partial charge in [0.15, 0.2) is 11.6 Å². The van der Waals surface area contributed by atoms with Gasteiger partial charge in [-0.1, -0.05) is 78.9 Å². The summed E-state index contributed by atoms with van der Waals surface area (Å²) >= 11 is 6.14. The van der Waals surface area contributed by atoms with Gasteiger partial charge in [-0.3, -0.25) is 0 Å². The van der Waals surface area contributed by atoms with E-state index in [9.17, 15) is 0 Å². The molecule has 0 aliphatic carbocycles. The second-order valence-electron chi connectivity index (χ2n) is 11.0. The van der Waals surface area contributed by atoms with Crippen LogP contribution in [0.3, 0.4) is 0 Å². The minimum absolute atomic E-state index is 0.189. The van der Waals surface area contributed by atoms with Crippen LogP contribution in [-0.2, 0) is 0 Å². The van der Waals surface area contributed by atoms with E-state index < -0.39 is 57.5 Å². The zero-order chi connectivity index (χ0) is 34.0. The second-order valence-corrected chi connectivity index (χ2v) is 11.3. The number of nitrogens with zero attached hydrogens (tertiary/aromatic N) is 3. The van der Waals surface area contributed by atoms with Crippen molar-refractivity contribution in [2.75, 3.05) is 0 Å². The number of hydrogen-bond acceptors (Lipinski definition) is 3. The Morgan fingerprint density at radius 1 is 0.457 bits per heavy atom. The van der Waals surface area contributed by atoms with Gasteiger partial charge in [0.25, 0.3) is 0 Å². The SMILES string of the molecule is Clc1nc(-c2ccccc2)nc(-c2cccc(-c3ccccc3)c2)n1.[B][B]B(B([B])[B])B(B(B([B])[B])B([B])[B])B(B([B])[B])B([B])[B]. The van der Waals surface area contributed by atoms with Gasteiger partial charge >= 0.3 is 0 Å². The van der Waals surface area contributed by atoms with Crippen molar-refractivity contribution in [2.45, 2.75) is 0 Å². The van der Waals surface area contributed by atoms with E-state index in [2.05, 4.69) is 39.2 Å². The number of hydrogen-bond donors (Lipinski definition) is 0. The molecule has 23 radical (unpaired) electrons. The third-order valence-corrected chi connectivity index (χ3v) is 7.81. The maximum atomic E-state index is 6.14. The first-order valence-corrected chi connectivity index (χ1v) is 15.0. The molecule has 1 aromatic heterocycles. The third kappa shape index (κ3) is 10.7. The molecule has 0 spiro atoms. The van der Waals surface area contributed by atoms with Crippen molar-refractivity contribution < 1.29 is 0 Å². The normalized spacial score (nSPS) is 9.93. The second kappa shape index (κ2) is 18.8. The largest absolute Gasteiger partial charge is 0.226 e. The highest BCUT2D eigenvalue weighted by atomic mass is 35.5. The molecule has 0 N–H and O–H groups in total. The summed E-state index contributed by atoms with van der Waals surface area (Å²) in [6, 6.07) is 28.1. The molecule has 3 nitrogen and oxygen atoms in total. The van der Waals surface area contributed by atoms with E-state index in [1.54, 1.807) is 0 Å². The number of rotatable bonds is 12. The molecule has 4 aromatic rings. The Bertz CT molecular complexity index is 1450. The highest BCUT2D eigenvalue weighted by Crippen LogP contribution is 2.26. The van der Waals surface area contributed by atoms with Gasteiger partial charge in [-0.2, -0.15) is 9.97 Å². The smallest absolute Gasteiger partial charge is 0.208 e. The summed E-state index contributed by atoms with van der Waals surface area (Å²) in [5.74, 6) is 1.14. The molecule has 0 amide bonds. The minimum atomic E-state index is -0.879. The average Bonchev–Trinajstić information content (AvgIpc) is 3.01. The molecule has 0 saturated carbocycles. The average molecular weight is 571 g/mol. The van der Waals surface area contributed by atoms with Crippen molar-refractivity contribution >= 4 is 161 Å². The molecule has 0 unspecified atom stereocenters. The predicted molar refractivity (Wildman–Crippen MR) is 222 cm³/mol. The molecule has 183 valence electrons. The topological polar surface area (TPSA) is 38.7 Å². The van der Waals surface area contributed by atoms with E-state index >= 15 is 0 Å². The Morgan fingerprint density at radius 2 is 0.870 bits per heavy atom. The molecule has 25 heteroatoms. The van der Waals surface area contributed by atoms with E-state index in [0.29, 0.717) is 11.6 Å².